The molecule has 202 valence electrons. The van der Waals surface area contributed by atoms with E-state index in [9.17, 15) is 27.6 Å². The van der Waals surface area contributed by atoms with Crippen molar-refractivity contribution in [2.75, 3.05) is 20.1 Å². The quantitative estimate of drug-likeness (QED) is 0.452. The highest BCUT2D eigenvalue weighted by molar-refractivity contribution is 5.95. The molecule has 0 unspecified atom stereocenters. The van der Waals surface area contributed by atoms with E-state index in [1.165, 1.54) is 0 Å². The van der Waals surface area contributed by atoms with Crippen LogP contribution in [0.5, 0.6) is 0 Å². The zero-order valence-corrected chi connectivity index (χ0v) is 21.6. The van der Waals surface area contributed by atoms with Crippen LogP contribution in [-0.4, -0.2) is 52.4 Å². The average molecular weight is 521 g/mol. The number of hydrogen-bond donors (Lipinski definition) is 1. The van der Waals surface area contributed by atoms with Crippen LogP contribution in [-0.2, 0) is 15.8 Å². The molecule has 0 saturated heterocycles. The van der Waals surface area contributed by atoms with Gasteiger partial charge in [0.2, 0.25) is 5.91 Å². The van der Waals surface area contributed by atoms with Crippen molar-refractivity contribution in [3.63, 3.8) is 0 Å². The summed E-state index contributed by atoms with van der Waals surface area (Å²) in [7, 11) is 1.82. The van der Waals surface area contributed by atoms with E-state index in [4.69, 9.17) is 0 Å². The first-order valence-corrected chi connectivity index (χ1v) is 12.8. The summed E-state index contributed by atoms with van der Waals surface area (Å²) in [4.78, 5) is 39.5. The molecule has 2 aromatic rings. The first-order valence-electron chi connectivity index (χ1n) is 12.8. The zero-order valence-electron chi connectivity index (χ0n) is 21.6. The number of benzene rings is 1. The lowest BCUT2D eigenvalue weighted by Gasteiger charge is -2.30. The SMILES string of the molecule is CC(C)CN(C)C(=O)C1CCC(C(=O)CCCNC(=O)c2cn(-c3ccccc3)nc2C(F)(F)F)CC1. The first kappa shape index (κ1) is 28.4. The van der Waals surface area contributed by atoms with Gasteiger partial charge in [-0.05, 0) is 50.2 Å². The van der Waals surface area contributed by atoms with Gasteiger partial charge >= 0.3 is 6.18 Å². The van der Waals surface area contributed by atoms with Gasteiger partial charge in [-0.15, -0.1) is 0 Å². The third-order valence-corrected chi connectivity index (χ3v) is 6.68. The Morgan fingerprint density at radius 3 is 2.30 bits per heavy atom. The molecule has 0 bridgehead atoms. The highest BCUT2D eigenvalue weighted by atomic mass is 19.4. The van der Waals surface area contributed by atoms with Crippen LogP contribution in [0.15, 0.2) is 36.5 Å². The molecule has 3 rings (SSSR count). The van der Waals surface area contributed by atoms with E-state index in [-0.39, 0.29) is 36.5 Å². The molecule has 0 spiro atoms. The number of alkyl halides is 3. The second kappa shape index (κ2) is 12.4. The molecular formula is C27H35F3N4O3. The third-order valence-electron chi connectivity index (χ3n) is 6.68. The number of rotatable bonds is 10. The number of carbonyl (C=O) groups is 3. The Kier molecular flexibility index (Phi) is 9.50. The summed E-state index contributed by atoms with van der Waals surface area (Å²) in [5.41, 5.74) is -1.41. The minimum absolute atomic E-state index is 0.0493. The maximum atomic E-state index is 13.5. The fraction of sp³-hybridized carbons (Fsp3) is 0.556. The average Bonchev–Trinajstić information content (AvgIpc) is 3.33. The number of Topliss-reactive ketones (excluding diaryl/α,β-unsaturated/α-hetero) is 1. The predicted octanol–water partition coefficient (Wildman–Crippen LogP) is 4.89. The Balaban J connectivity index is 1.47. The van der Waals surface area contributed by atoms with Crippen LogP contribution in [0.2, 0.25) is 0 Å². The van der Waals surface area contributed by atoms with Gasteiger partial charge in [0.1, 0.15) is 5.78 Å². The molecule has 37 heavy (non-hydrogen) atoms. The van der Waals surface area contributed by atoms with Gasteiger partial charge in [0.05, 0.1) is 11.3 Å². The normalized spacial score (nSPS) is 18.0. The summed E-state index contributed by atoms with van der Waals surface area (Å²) >= 11 is 0. The Labute approximate surface area is 215 Å². The van der Waals surface area contributed by atoms with Crippen LogP contribution in [0.1, 0.15) is 68.4 Å². The molecule has 0 aliphatic heterocycles. The predicted molar refractivity (Wildman–Crippen MR) is 133 cm³/mol. The molecule has 1 N–H and O–H groups in total. The lowest BCUT2D eigenvalue weighted by atomic mass is 9.78. The van der Waals surface area contributed by atoms with Gasteiger partial charge < -0.3 is 10.2 Å². The number of halogens is 3. The molecule has 10 heteroatoms. The number of aromatic nitrogens is 2. The molecule has 1 aliphatic rings. The summed E-state index contributed by atoms with van der Waals surface area (Å²) in [6, 6.07) is 8.24. The number of nitrogens with zero attached hydrogens (tertiary/aromatic N) is 3. The topological polar surface area (TPSA) is 84.3 Å². The second-order valence-corrected chi connectivity index (χ2v) is 10.2. The van der Waals surface area contributed by atoms with Crippen LogP contribution in [0.4, 0.5) is 13.2 Å². The maximum absolute atomic E-state index is 13.5. The van der Waals surface area contributed by atoms with Crippen molar-refractivity contribution < 1.29 is 27.6 Å². The molecule has 1 fully saturated rings. The molecule has 1 aromatic carbocycles. The maximum Gasteiger partial charge on any atom is 0.435 e. The van der Waals surface area contributed by atoms with Crippen molar-refractivity contribution in [2.24, 2.45) is 17.8 Å². The van der Waals surface area contributed by atoms with Gasteiger partial charge in [0, 0.05) is 44.6 Å². The summed E-state index contributed by atoms with van der Waals surface area (Å²) in [6.07, 6.45) is -0.486. The molecule has 7 nitrogen and oxygen atoms in total. The van der Waals surface area contributed by atoms with E-state index >= 15 is 0 Å². The largest absolute Gasteiger partial charge is 0.435 e. The van der Waals surface area contributed by atoms with E-state index in [1.54, 1.807) is 35.2 Å². The Morgan fingerprint density at radius 2 is 1.70 bits per heavy atom. The molecule has 1 aliphatic carbocycles. The molecule has 1 aromatic heterocycles. The van der Waals surface area contributed by atoms with Gasteiger partial charge in [0.15, 0.2) is 5.69 Å². The van der Waals surface area contributed by atoms with E-state index in [0.717, 1.165) is 10.9 Å². The molecule has 1 heterocycles. The number of carbonyl (C=O) groups excluding carboxylic acids is 3. The summed E-state index contributed by atoms with van der Waals surface area (Å²) < 4.78 is 41.5. The summed E-state index contributed by atoms with van der Waals surface area (Å²) in [5, 5.41) is 6.07. The summed E-state index contributed by atoms with van der Waals surface area (Å²) in [5.74, 6) is -0.443. The van der Waals surface area contributed by atoms with Gasteiger partial charge in [-0.2, -0.15) is 18.3 Å². The Bertz CT molecular complexity index is 1070. The van der Waals surface area contributed by atoms with Gasteiger partial charge in [-0.3, -0.25) is 14.4 Å². The van der Waals surface area contributed by atoms with Crippen molar-refractivity contribution in [3.05, 3.63) is 47.8 Å². The lowest BCUT2D eigenvalue weighted by Crippen LogP contribution is -2.37. The van der Waals surface area contributed by atoms with E-state index in [0.29, 0.717) is 50.3 Å². The third kappa shape index (κ3) is 7.66. The molecule has 2 amide bonds. The number of nitrogens with one attached hydrogen (secondary N) is 1. The number of amides is 2. The van der Waals surface area contributed by atoms with Gasteiger partial charge in [-0.25, -0.2) is 4.68 Å². The molecule has 0 atom stereocenters. The molecule has 0 radical (unpaired) electrons. The van der Waals surface area contributed by atoms with Crippen molar-refractivity contribution >= 4 is 17.6 Å². The second-order valence-electron chi connectivity index (χ2n) is 10.2. The summed E-state index contributed by atoms with van der Waals surface area (Å²) in [6.45, 7) is 4.91. The lowest BCUT2D eigenvalue weighted by molar-refractivity contribution is -0.141. The minimum atomic E-state index is -4.79. The number of para-hydroxylation sites is 1. The van der Waals surface area contributed by atoms with Crippen LogP contribution >= 0.6 is 0 Å². The van der Waals surface area contributed by atoms with Crippen LogP contribution < -0.4 is 5.32 Å². The molecule has 1 saturated carbocycles. The Morgan fingerprint density at radius 1 is 1.08 bits per heavy atom. The zero-order chi connectivity index (χ0) is 27.2. The fourth-order valence-electron chi connectivity index (χ4n) is 4.84. The Hall–Kier alpha value is -3.17. The van der Waals surface area contributed by atoms with Gasteiger partial charge in [-0.1, -0.05) is 32.0 Å². The molecular weight excluding hydrogens is 485 g/mol. The standard InChI is InChI=1S/C27H35F3N4O3/c1-18(2)16-33(3)26(37)20-13-11-19(12-14-20)23(35)10-7-15-31-25(36)22-17-34(21-8-5-4-6-9-21)32-24(22)27(28,29)30/h4-6,8-9,17-20H,7,10-16H2,1-3H3,(H,31,36). The monoisotopic (exact) mass is 520 g/mol. The van der Waals surface area contributed by atoms with E-state index in [1.807, 2.05) is 7.05 Å². The van der Waals surface area contributed by atoms with Crippen LogP contribution in [0.3, 0.4) is 0 Å². The fourth-order valence-corrected chi connectivity index (χ4v) is 4.84. The highest BCUT2D eigenvalue weighted by Crippen LogP contribution is 2.32. The first-order chi connectivity index (χ1) is 17.5. The highest BCUT2D eigenvalue weighted by Gasteiger charge is 2.39. The van der Waals surface area contributed by atoms with Crippen LogP contribution in [0, 0.1) is 17.8 Å². The van der Waals surface area contributed by atoms with Crippen LogP contribution in [0.25, 0.3) is 5.69 Å². The van der Waals surface area contributed by atoms with Crippen molar-refractivity contribution in [2.45, 2.75) is 58.5 Å². The van der Waals surface area contributed by atoms with E-state index in [2.05, 4.69) is 24.3 Å². The minimum Gasteiger partial charge on any atom is -0.352 e. The van der Waals surface area contributed by atoms with Crippen molar-refractivity contribution in [3.8, 4) is 5.69 Å². The number of ketones is 1. The van der Waals surface area contributed by atoms with Crippen molar-refractivity contribution in [1.29, 1.82) is 0 Å². The number of hydrogen-bond acceptors (Lipinski definition) is 4. The van der Waals surface area contributed by atoms with Crippen molar-refractivity contribution in [1.82, 2.24) is 20.0 Å². The smallest absolute Gasteiger partial charge is 0.352 e. The van der Waals surface area contributed by atoms with Gasteiger partial charge in [0.25, 0.3) is 5.91 Å². The van der Waals surface area contributed by atoms with E-state index < -0.39 is 23.3 Å².